The number of para-hydroxylation sites is 1. The van der Waals surface area contributed by atoms with E-state index in [0.29, 0.717) is 35.0 Å². The van der Waals surface area contributed by atoms with Crippen LogP contribution in [0.4, 0.5) is 16.2 Å². The van der Waals surface area contributed by atoms with Crippen LogP contribution in [0.3, 0.4) is 0 Å². The molecule has 1 unspecified atom stereocenters. The van der Waals surface area contributed by atoms with E-state index in [0.717, 1.165) is 40.8 Å². The molecule has 3 aromatic carbocycles. The molecule has 0 bridgehead atoms. The first-order valence-electron chi connectivity index (χ1n) is 17.6. The zero-order valence-corrected chi connectivity index (χ0v) is 31.7. The fraction of sp³-hybridized carbons (Fsp3) is 0.415. The Kier molecular flexibility index (Phi) is 10.9. The van der Waals surface area contributed by atoms with Gasteiger partial charge in [0, 0.05) is 22.7 Å². The van der Waals surface area contributed by atoms with E-state index in [-0.39, 0.29) is 35.3 Å². The predicted octanol–water partition coefficient (Wildman–Crippen LogP) is 9.33. The van der Waals surface area contributed by atoms with Crippen molar-refractivity contribution in [2.24, 2.45) is 0 Å². The van der Waals surface area contributed by atoms with Crippen LogP contribution in [0.2, 0.25) is 0 Å². The van der Waals surface area contributed by atoms with E-state index in [1.165, 1.54) is 10.5 Å². The summed E-state index contributed by atoms with van der Waals surface area (Å²) in [6, 6.07) is 19.9. The van der Waals surface area contributed by atoms with Crippen molar-refractivity contribution in [2.45, 2.75) is 95.2 Å². The van der Waals surface area contributed by atoms with E-state index in [1.807, 2.05) is 25.1 Å². The van der Waals surface area contributed by atoms with Gasteiger partial charge in [0.15, 0.2) is 4.87 Å². The van der Waals surface area contributed by atoms with Gasteiger partial charge in [0.25, 0.3) is 17.5 Å². The minimum absolute atomic E-state index is 0.000113. The lowest BCUT2D eigenvalue weighted by Gasteiger charge is -2.46. The number of benzene rings is 3. The topological polar surface area (TPSA) is 92.5 Å². The molecule has 2 aliphatic heterocycles. The monoisotopic (exact) mass is 708 g/mol. The summed E-state index contributed by atoms with van der Waals surface area (Å²) in [4.78, 5) is 48.0. The van der Waals surface area contributed by atoms with Crippen LogP contribution in [0.1, 0.15) is 85.8 Å². The van der Waals surface area contributed by atoms with Crippen LogP contribution in [0.15, 0.2) is 82.9 Å². The zero-order chi connectivity index (χ0) is 37.1. The van der Waals surface area contributed by atoms with Gasteiger partial charge in [0.05, 0.1) is 25.5 Å². The summed E-state index contributed by atoms with van der Waals surface area (Å²) in [5.74, 6) is 0.109. The summed E-state index contributed by atoms with van der Waals surface area (Å²) in [7, 11) is 0. The molecule has 2 heterocycles. The Morgan fingerprint density at radius 1 is 0.902 bits per heavy atom. The Balaban J connectivity index is 1.50. The van der Waals surface area contributed by atoms with Gasteiger partial charge in [-0.3, -0.25) is 19.4 Å². The number of hydrogen-bond donors (Lipinski definition) is 1. The van der Waals surface area contributed by atoms with Crippen molar-refractivity contribution in [1.29, 1.82) is 0 Å². The molecule has 0 fully saturated rings. The minimum Gasteiger partial charge on any atom is -0.494 e. The summed E-state index contributed by atoms with van der Waals surface area (Å²) in [6.07, 6.45) is 2.24. The Morgan fingerprint density at radius 3 is 2.24 bits per heavy atom. The largest absolute Gasteiger partial charge is 0.494 e. The lowest BCUT2D eigenvalue weighted by atomic mass is 9.76. The number of carbonyl (C=O) groups is 3. The van der Waals surface area contributed by atoms with E-state index < -0.39 is 22.7 Å². The molecule has 51 heavy (non-hydrogen) atoms. The van der Waals surface area contributed by atoms with Gasteiger partial charge in [0.2, 0.25) is 0 Å². The number of imide groups is 1. The van der Waals surface area contributed by atoms with Gasteiger partial charge in [-0.1, -0.05) is 77.6 Å². The molecule has 1 atom stereocenters. The second-order valence-corrected chi connectivity index (χ2v) is 15.4. The molecule has 1 N–H and O–H groups in total. The highest BCUT2D eigenvalue weighted by Gasteiger charge is 2.58. The van der Waals surface area contributed by atoms with Crippen LogP contribution in [0.5, 0.6) is 11.5 Å². The van der Waals surface area contributed by atoms with Crippen molar-refractivity contribution in [1.82, 2.24) is 4.90 Å². The molecule has 0 aliphatic carbocycles. The average Bonchev–Trinajstić information content (AvgIpc) is 3.25. The normalized spacial score (nSPS) is 18.0. The fourth-order valence-corrected chi connectivity index (χ4v) is 7.76. The van der Waals surface area contributed by atoms with Crippen LogP contribution in [0, 0.1) is 6.57 Å². The number of anilines is 2. The molecule has 3 aromatic rings. The van der Waals surface area contributed by atoms with E-state index >= 15 is 0 Å². The molecule has 9 nitrogen and oxygen atoms in total. The van der Waals surface area contributed by atoms with E-state index in [4.69, 9.17) is 16.0 Å². The third kappa shape index (κ3) is 6.96. The summed E-state index contributed by atoms with van der Waals surface area (Å²) < 4.78 is 12.0. The maximum atomic E-state index is 15.0. The molecule has 5 rings (SSSR count). The first-order chi connectivity index (χ1) is 24.2. The molecular weight excluding hydrogens is 661 g/mol. The zero-order valence-electron chi connectivity index (χ0n) is 30.9. The van der Waals surface area contributed by atoms with Crippen LogP contribution in [0.25, 0.3) is 4.85 Å². The SMILES string of the molecule is [C-]#[N+]C1=C(C)C2(Sc3ccccc3NC(=O)N2c2ccc(OCC)cc2)C(=O)N(CCCOc2ccc(C(C)(C)CC)cc2C(C)(C)CC)C1=O. The molecule has 4 amide bonds. The van der Waals surface area contributed by atoms with Crippen LogP contribution < -0.4 is 19.7 Å². The summed E-state index contributed by atoms with van der Waals surface area (Å²) in [5.41, 5.74) is 3.20. The number of ether oxygens (including phenoxy) is 2. The lowest BCUT2D eigenvalue weighted by molar-refractivity contribution is -0.144. The van der Waals surface area contributed by atoms with Gasteiger partial charge >= 0.3 is 6.03 Å². The number of hydrogen-bond acceptors (Lipinski definition) is 6. The van der Waals surface area contributed by atoms with Crippen molar-refractivity contribution in [2.75, 3.05) is 30.0 Å². The van der Waals surface area contributed by atoms with Crippen molar-refractivity contribution in [3.8, 4) is 11.5 Å². The quantitative estimate of drug-likeness (QED) is 0.115. The lowest BCUT2D eigenvalue weighted by Crippen LogP contribution is -2.65. The van der Waals surface area contributed by atoms with E-state index in [9.17, 15) is 14.4 Å². The smallest absolute Gasteiger partial charge is 0.328 e. The number of amides is 4. The van der Waals surface area contributed by atoms with Crippen molar-refractivity contribution in [3.05, 3.63) is 101 Å². The number of rotatable bonds is 12. The third-order valence-electron chi connectivity index (χ3n) is 10.3. The molecule has 0 radical (unpaired) electrons. The first kappa shape index (κ1) is 37.5. The Labute approximate surface area is 306 Å². The van der Waals surface area contributed by atoms with E-state index in [1.54, 1.807) is 43.3 Å². The Bertz CT molecular complexity index is 1890. The number of carbonyl (C=O) groups excluding carboxylic acids is 3. The average molecular weight is 709 g/mol. The number of fused-ring (bicyclic) bond motifs is 1. The second kappa shape index (κ2) is 14.8. The molecule has 0 saturated heterocycles. The standard InChI is InChI=1S/C41H48N4O5S/c1-10-39(5,6)28-18-23-33(31(26-28)40(7,8)11-2)50-25-15-24-44-36(46)35(42-9)27(4)41(37(44)47)45(29-19-21-30(22-20-29)49-12-3)38(48)43-32-16-13-14-17-34(32)51-41/h13-14,16-23,26H,10-12,15,24-25H2,1-8H3,(H,43,48). The Morgan fingerprint density at radius 2 is 1.59 bits per heavy atom. The second-order valence-electron chi connectivity index (χ2n) is 14.2. The minimum atomic E-state index is -1.77. The molecule has 1 spiro atoms. The highest BCUT2D eigenvalue weighted by atomic mass is 32.2. The molecule has 268 valence electrons. The maximum absolute atomic E-state index is 15.0. The van der Waals surface area contributed by atoms with Crippen molar-refractivity contribution in [3.63, 3.8) is 0 Å². The highest BCUT2D eigenvalue weighted by Crippen LogP contribution is 2.52. The molecular formula is C41H48N4O5S. The van der Waals surface area contributed by atoms with Gasteiger partial charge < -0.3 is 14.8 Å². The van der Waals surface area contributed by atoms with Gasteiger partial charge in [-0.2, -0.15) is 0 Å². The first-order valence-corrected chi connectivity index (χ1v) is 18.4. The number of nitrogens with zero attached hydrogens (tertiary/aromatic N) is 3. The third-order valence-corrected chi connectivity index (χ3v) is 11.8. The molecule has 10 heteroatoms. The van der Waals surface area contributed by atoms with Gasteiger partial charge in [-0.25, -0.2) is 9.64 Å². The predicted molar refractivity (Wildman–Crippen MR) is 203 cm³/mol. The van der Waals surface area contributed by atoms with Crippen LogP contribution in [-0.2, 0) is 20.4 Å². The van der Waals surface area contributed by atoms with Crippen molar-refractivity contribution >= 4 is 41.0 Å². The van der Waals surface area contributed by atoms with Gasteiger partial charge in [-0.15, -0.1) is 0 Å². The number of urea groups is 1. The van der Waals surface area contributed by atoms with Crippen LogP contribution >= 0.6 is 11.8 Å². The Hall–Kier alpha value is -4.75. The highest BCUT2D eigenvalue weighted by molar-refractivity contribution is 8.02. The van der Waals surface area contributed by atoms with Gasteiger partial charge in [-0.05, 0) is 97.5 Å². The summed E-state index contributed by atoms with van der Waals surface area (Å²) in [5, 5.41) is 2.95. The number of nitrogens with one attached hydrogen (secondary N) is 1. The van der Waals surface area contributed by atoms with Crippen LogP contribution in [-0.4, -0.2) is 47.4 Å². The molecule has 0 saturated carbocycles. The molecule has 2 aliphatic rings. The fourth-order valence-electron chi connectivity index (χ4n) is 6.34. The summed E-state index contributed by atoms with van der Waals surface area (Å²) in [6.45, 7) is 25.5. The van der Waals surface area contributed by atoms with Gasteiger partial charge in [0.1, 0.15) is 11.5 Å². The maximum Gasteiger partial charge on any atom is 0.328 e. The van der Waals surface area contributed by atoms with E-state index in [2.05, 4.69) is 63.8 Å². The molecule has 0 aromatic heterocycles. The summed E-state index contributed by atoms with van der Waals surface area (Å²) >= 11 is 1.15. The number of thioether (sulfide) groups is 1. The van der Waals surface area contributed by atoms with Crippen molar-refractivity contribution < 1.29 is 23.9 Å².